The molecule has 0 spiro atoms. The Morgan fingerprint density at radius 1 is 1.47 bits per heavy atom. The van der Waals surface area contributed by atoms with E-state index in [1.54, 1.807) is 6.08 Å². The fourth-order valence-corrected chi connectivity index (χ4v) is 4.26. The standard InChI is InChI=1S/C12H20NO3P/c1-3-15-17(14,16-4-2)10-12-7-5-6-11(12)8-9-13/h8,12H,3-7,10H2,1-2H3. The average Bonchev–Trinajstić information content (AvgIpc) is 2.66. The summed E-state index contributed by atoms with van der Waals surface area (Å²) in [5, 5.41) is 8.69. The molecule has 96 valence electrons. The molecular formula is C12H20NO3P. The Labute approximate surface area is 103 Å². The second-order valence-corrected chi connectivity index (χ2v) is 6.17. The molecule has 1 atom stereocenters. The molecule has 0 aromatic heterocycles. The van der Waals surface area contributed by atoms with Crippen molar-refractivity contribution >= 4 is 7.60 Å². The summed E-state index contributed by atoms with van der Waals surface area (Å²) >= 11 is 0. The summed E-state index contributed by atoms with van der Waals surface area (Å²) in [7, 11) is -2.98. The molecule has 0 aliphatic heterocycles. The average molecular weight is 257 g/mol. The quantitative estimate of drug-likeness (QED) is 0.539. The molecule has 1 aliphatic carbocycles. The Balaban J connectivity index is 2.70. The minimum absolute atomic E-state index is 0.179. The molecule has 0 bridgehead atoms. The summed E-state index contributed by atoms with van der Waals surface area (Å²) in [5.74, 6) is 0.179. The maximum atomic E-state index is 12.4. The smallest absolute Gasteiger partial charge is 0.309 e. The van der Waals surface area contributed by atoms with Crippen LogP contribution in [0.15, 0.2) is 11.6 Å². The molecule has 0 aromatic carbocycles. The Bertz CT molecular complexity index is 349. The summed E-state index contributed by atoms with van der Waals surface area (Å²) in [4.78, 5) is 0. The third-order valence-electron chi connectivity index (χ3n) is 2.89. The minimum Gasteiger partial charge on any atom is -0.309 e. The molecule has 1 saturated carbocycles. The first-order valence-corrected chi connectivity index (χ1v) is 7.84. The number of hydrogen-bond acceptors (Lipinski definition) is 4. The van der Waals surface area contributed by atoms with Crippen LogP contribution in [0, 0.1) is 17.2 Å². The van der Waals surface area contributed by atoms with E-state index in [4.69, 9.17) is 14.3 Å². The van der Waals surface area contributed by atoms with E-state index in [9.17, 15) is 4.57 Å². The molecule has 5 heteroatoms. The Kier molecular flexibility index (Phi) is 5.91. The van der Waals surface area contributed by atoms with E-state index in [0.717, 1.165) is 24.8 Å². The number of nitriles is 1. The van der Waals surface area contributed by atoms with Crippen LogP contribution in [0.25, 0.3) is 0 Å². The Hall–Kier alpha value is -0.620. The second-order valence-electron chi connectivity index (χ2n) is 4.07. The second kappa shape index (κ2) is 6.96. The molecule has 17 heavy (non-hydrogen) atoms. The molecule has 0 aromatic rings. The maximum Gasteiger partial charge on any atom is 0.331 e. The molecule has 1 rings (SSSR count). The van der Waals surface area contributed by atoms with Crippen molar-refractivity contribution in [2.75, 3.05) is 19.4 Å². The van der Waals surface area contributed by atoms with Crippen LogP contribution in [0.4, 0.5) is 0 Å². The van der Waals surface area contributed by atoms with Gasteiger partial charge in [-0.2, -0.15) is 5.26 Å². The van der Waals surface area contributed by atoms with Crippen molar-refractivity contribution in [1.82, 2.24) is 0 Å². The Morgan fingerprint density at radius 2 is 2.12 bits per heavy atom. The highest BCUT2D eigenvalue weighted by Crippen LogP contribution is 2.52. The minimum atomic E-state index is -2.98. The van der Waals surface area contributed by atoms with Gasteiger partial charge in [-0.1, -0.05) is 5.57 Å². The van der Waals surface area contributed by atoms with Crippen molar-refractivity contribution in [3.63, 3.8) is 0 Å². The zero-order valence-corrected chi connectivity index (χ0v) is 11.4. The topological polar surface area (TPSA) is 59.3 Å². The lowest BCUT2D eigenvalue weighted by Gasteiger charge is -2.20. The molecule has 4 nitrogen and oxygen atoms in total. The van der Waals surface area contributed by atoms with Crippen LogP contribution in [0.3, 0.4) is 0 Å². The monoisotopic (exact) mass is 257 g/mol. The first-order chi connectivity index (χ1) is 8.15. The molecule has 1 fully saturated rings. The van der Waals surface area contributed by atoms with Crippen molar-refractivity contribution in [2.45, 2.75) is 33.1 Å². The summed E-state index contributed by atoms with van der Waals surface area (Å²) in [6.45, 7) is 4.40. The van der Waals surface area contributed by atoms with Gasteiger partial charge >= 0.3 is 7.60 Å². The lowest BCUT2D eigenvalue weighted by atomic mass is 10.1. The van der Waals surface area contributed by atoms with Gasteiger partial charge in [-0.3, -0.25) is 4.57 Å². The van der Waals surface area contributed by atoms with Gasteiger partial charge in [0.25, 0.3) is 0 Å². The first kappa shape index (κ1) is 14.4. The zero-order valence-electron chi connectivity index (χ0n) is 10.5. The van der Waals surface area contributed by atoms with Crippen molar-refractivity contribution in [3.05, 3.63) is 11.6 Å². The van der Waals surface area contributed by atoms with Gasteiger partial charge in [0.1, 0.15) is 0 Å². The van der Waals surface area contributed by atoms with Crippen molar-refractivity contribution in [2.24, 2.45) is 5.92 Å². The molecule has 0 amide bonds. The molecule has 0 heterocycles. The van der Waals surface area contributed by atoms with Gasteiger partial charge in [0.15, 0.2) is 0 Å². The summed E-state index contributed by atoms with van der Waals surface area (Å²) in [6.07, 6.45) is 4.94. The van der Waals surface area contributed by atoms with E-state index in [-0.39, 0.29) is 5.92 Å². The van der Waals surface area contributed by atoms with Crippen molar-refractivity contribution < 1.29 is 13.6 Å². The van der Waals surface area contributed by atoms with Crippen LogP contribution in [-0.4, -0.2) is 19.4 Å². The molecule has 0 saturated heterocycles. The van der Waals surface area contributed by atoms with E-state index >= 15 is 0 Å². The fraction of sp³-hybridized carbons (Fsp3) is 0.750. The highest BCUT2D eigenvalue weighted by Gasteiger charge is 2.32. The van der Waals surface area contributed by atoms with E-state index in [1.165, 1.54) is 0 Å². The lowest BCUT2D eigenvalue weighted by Crippen LogP contribution is -2.09. The van der Waals surface area contributed by atoms with Crippen LogP contribution in [0.1, 0.15) is 33.1 Å². The van der Waals surface area contributed by atoms with E-state index < -0.39 is 7.60 Å². The van der Waals surface area contributed by atoms with Gasteiger partial charge in [0.05, 0.1) is 25.4 Å². The molecule has 1 aliphatic rings. The normalized spacial score (nSPS) is 22.9. The van der Waals surface area contributed by atoms with Gasteiger partial charge in [0, 0.05) is 6.08 Å². The van der Waals surface area contributed by atoms with E-state index in [1.807, 2.05) is 13.8 Å². The molecular weight excluding hydrogens is 237 g/mol. The van der Waals surface area contributed by atoms with Crippen LogP contribution < -0.4 is 0 Å². The molecule has 1 unspecified atom stereocenters. The van der Waals surface area contributed by atoms with Gasteiger partial charge in [-0.15, -0.1) is 0 Å². The number of allylic oxidation sites excluding steroid dienone is 2. The van der Waals surface area contributed by atoms with Crippen LogP contribution >= 0.6 is 7.60 Å². The van der Waals surface area contributed by atoms with E-state index in [2.05, 4.69) is 6.07 Å². The molecule has 0 radical (unpaired) electrons. The predicted molar refractivity (Wildman–Crippen MR) is 66.8 cm³/mol. The highest BCUT2D eigenvalue weighted by molar-refractivity contribution is 7.53. The highest BCUT2D eigenvalue weighted by atomic mass is 31.2. The third kappa shape index (κ3) is 4.27. The predicted octanol–water partition coefficient (Wildman–Crippen LogP) is 3.50. The van der Waals surface area contributed by atoms with Crippen LogP contribution in [0.5, 0.6) is 0 Å². The summed E-state index contributed by atoms with van der Waals surface area (Å²) in [6, 6.07) is 2.06. The van der Waals surface area contributed by atoms with Crippen LogP contribution in [0.2, 0.25) is 0 Å². The number of nitrogens with zero attached hydrogens (tertiary/aromatic N) is 1. The summed E-state index contributed by atoms with van der Waals surface area (Å²) in [5.41, 5.74) is 1.09. The maximum absolute atomic E-state index is 12.4. The fourth-order valence-electron chi connectivity index (χ4n) is 2.23. The van der Waals surface area contributed by atoms with Gasteiger partial charge in [0.2, 0.25) is 0 Å². The van der Waals surface area contributed by atoms with Crippen LogP contribution in [-0.2, 0) is 13.6 Å². The van der Waals surface area contributed by atoms with Crippen molar-refractivity contribution in [1.29, 1.82) is 5.26 Å². The van der Waals surface area contributed by atoms with Crippen molar-refractivity contribution in [3.8, 4) is 6.07 Å². The third-order valence-corrected chi connectivity index (χ3v) is 5.08. The van der Waals surface area contributed by atoms with Gasteiger partial charge < -0.3 is 9.05 Å². The first-order valence-electron chi connectivity index (χ1n) is 6.12. The Morgan fingerprint density at radius 3 is 2.65 bits per heavy atom. The van der Waals surface area contributed by atoms with Gasteiger partial charge in [-0.05, 0) is 39.0 Å². The largest absolute Gasteiger partial charge is 0.331 e. The number of rotatable bonds is 6. The van der Waals surface area contributed by atoms with Gasteiger partial charge in [-0.25, -0.2) is 0 Å². The SMILES string of the molecule is CCOP(=O)(CC1CCCC1=CC#N)OCC. The lowest BCUT2D eigenvalue weighted by molar-refractivity contribution is 0.217. The molecule has 0 N–H and O–H groups in total. The van der Waals surface area contributed by atoms with E-state index in [0.29, 0.717) is 19.4 Å². The summed E-state index contributed by atoms with van der Waals surface area (Å²) < 4.78 is 22.9. The number of hydrogen-bond donors (Lipinski definition) is 0. The zero-order chi connectivity index (χ0) is 12.7.